The van der Waals surface area contributed by atoms with E-state index in [4.69, 9.17) is 20.4 Å². The second-order valence-corrected chi connectivity index (χ2v) is 2.46. The van der Waals surface area contributed by atoms with Crippen molar-refractivity contribution in [2.75, 3.05) is 6.61 Å². The van der Waals surface area contributed by atoms with Gasteiger partial charge >= 0.3 is 0 Å². The van der Waals surface area contributed by atoms with E-state index in [2.05, 4.69) is 4.74 Å². The van der Waals surface area contributed by atoms with Crippen LogP contribution in [0.2, 0.25) is 0 Å². The molecule has 0 aromatic rings. The minimum atomic E-state index is -1.28. The van der Waals surface area contributed by atoms with Gasteiger partial charge in [-0.3, -0.25) is 0 Å². The molecule has 1 aliphatic heterocycles. The van der Waals surface area contributed by atoms with Gasteiger partial charge in [0.25, 0.3) is 0 Å². The number of aliphatic hydroxyl groups is 4. The van der Waals surface area contributed by atoms with Gasteiger partial charge in [0, 0.05) is 0 Å². The van der Waals surface area contributed by atoms with Crippen LogP contribution >= 0.6 is 0 Å². The molecule has 4 atom stereocenters. The van der Waals surface area contributed by atoms with Gasteiger partial charge in [-0.1, -0.05) is 0 Å². The Morgan fingerprint density at radius 2 is 1.82 bits per heavy atom. The standard InChI is InChI=1S/C6H11O5/c7-1-4-6(10)5(9)3(8)2-11-4/h2-10H,1H2/t3-,4-,5-,6-/m1/s1. The zero-order valence-electron chi connectivity index (χ0n) is 5.79. The van der Waals surface area contributed by atoms with E-state index >= 15 is 0 Å². The first-order chi connectivity index (χ1) is 5.16. The van der Waals surface area contributed by atoms with Crippen LogP contribution in [0.25, 0.3) is 0 Å². The van der Waals surface area contributed by atoms with Crippen molar-refractivity contribution in [1.29, 1.82) is 0 Å². The van der Waals surface area contributed by atoms with Crippen LogP contribution in [0.5, 0.6) is 0 Å². The topological polar surface area (TPSA) is 90.2 Å². The fourth-order valence-electron chi connectivity index (χ4n) is 0.915. The predicted octanol–water partition coefficient (Wildman–Crippen LogP) is -2.38. The summed E-state index contributed by atoms with van der Waals surface area (Å²) >= 11 is 0. The number of rotatable bonds is 1. The van der Waals surface area contributed by atoms with Gasteiger partial charge in [0.05, 0.1) is 6.61 Å². The van der Waals surface area contributed by atoms with Crippen molar-refractivity contribution in [3.05, 3.63) is 6.61 Å². The van der Waals surface area contributed by atoms with Gasteiger partial charge in [0.15, 0.2) is 0 Å². The average Bonchev–Trinajstić information content (AvgIpc) is 2.01. The van der Waals surface area contributed by atoms with Crippen LogP contribution in [0, 0.1) is 6.61 Å². The van der Waals surface area contributed by atoms with Crippen LogP contribution in [0.1, 0.15) is 0 Å². The molecule has 0 saturated carbocycles. The van der Waals surface area contributed by atoms with Crippen LogP contribution in [0.4, 0.5) is 0 Å². The highest BCUT2D eigenvalue weighted by molar-refractivity contribution is 4.91. The van der Waals surface area contributed by atoms with Crippen molar-refractivity contribution < 1.29 is 25.2 Å². The Hall–Kier alpha value is -0.200. The Bertz CT molecular complexity index is 126. The van der Waals surface area contributed by atoms with E-state index in [1.807, 2.05) is 0 Å². The SMILES string of the molecule is OC[C@H]1O[CH][C@@H](O)[C@@H](O)[C@@H]1O. The molecule has 11 heavy (non-hydrogen) atoms. The Balaban J connectivity index is 2.52. The van der Waals surface area contributed by atoms with Crippen molar-refractivity contribution in [2.45, 2.75) is 24.4 Å². The van der Waals surface area contributed by atoms with Crippen molar-refractivity contribution in [1.82, 2.24) is 0 Å². The molecule has 1 fully saturated rings. The monoisotopic (exact) mass is 163 g/mol. The summed E-state index contributed by atoms with van der Waals surface area (Å²) in [5, 5.41) is 35.6. The minimum Gasteiger partial charge on any atom is -0.394 e. The highest BCUT2D eigenvalue weighted by Gasteiger charge is 2.37. The minimum absolute atomic E-state index is 0.387. The van der Waals surface area contributed by atoms with Crippen LogP contribution in [0.3, 0.4) is 0 Å². The number of hydrogen-bond acceptors (Lipinski definition) is 5. The summed E-state index contributed by atoms with van der Waals surface area (Å²) in [5.74, 6) is 0. The van der Waals surface area contributed by atoms with Crippen molar-refractivity contribution in [3.8, 4) is 0 Å². The van der Waals surface area contributed by atoms with E-state index in [1.165, 1.54) is 0 Å². The van der Waals surface area contributed by atoms with Gasteiger partial charge in [0.1, 0.15) is 31.0 Å². The van der Waals surface area contributed by atoms with Crippen LogP contribution in [-0.4, -0.2) is 51.4 Å². The van der Waals surface area contributed by atoms with Crippen molar-refractivity contribution in [2.24, 2.45) is 0 Å². The van der Waals surface area contributed by atoms with E-state index in [0.717, 1.165) is 6.61 Å². The van der Waals surface area contributed by atoms with E-state index < -0.39 is 24.4 Å². The second kappa shape index (κ2) is 3.46. The summed E-state index contributed by atoms with van der Waals surface area (Å²) in [5.41, 5.74) is 0. The number of ether oxygens (including phenoxy) is 1. The zero-order valence-corrected chi connectivity index (χ0v) is 5.79. The lowest BCUT2D eigenvalue weighted by Crippen LogP contribution is -2.52. The van der Waals surface area contributed by atoms with Crippen molar-refractivity contribution in [3.63, 3.8) is 0 Å². The number of hydrogen-bond donors (Lipinski definition) is 4. The Labute approximate surface area is 63.8 Å². The molecule has 1 aliphatic rings. The van der Waals surface area contributed by atoms with E-state index in [-0.39, 0.29) is 6.61 Å². The quantitative estimate of drug-likeness (QED) is 0.346. The third-order valence-electron chi connectivity index (χ3n) is 1.65. The lowest BCUT2D eigenvalue weighted by molar-refractivity contribution is -0.169. The molecule has 0 unspecified atom stereocenters. The molecule has 1 radical (unpaired) electrons. The first-order valence-electron chi connectivity index (χ1n) is 3.30. The average molecular weight is 163 g/mol. The van der Waals surface area contributed by atoms with Gasteiger partial charge < -0.3 is 25.2 Å². The van der Waals surface area contributed by atoms with Crippen LogP contribution in [0.15, 0.2) is 0 Å². The summed E-state index contributed by atoms with van der Waals surface area (Å²) in [6.07, 6.45) is -4.54. The molecule has 0 spiro atoms. The molecular weight excluding hydrogens is 152 g/mol. The maximum Gasteiger partial charge on any atom is 0.115 e. The number of aliphatic hydroxyl groups excluding tert-OH is 4. The Morgan fingerprint density at radius 3 is 2.36 bits per heavy atom. The van der Waals surface area contributed by atoms with Gasteiger partial charge in [-0.05, 0) is 0 Å². The third kappa shape index (κ3) is 1.69. The molecule has 4 N–H and O–H groups in total. The molecule has 5 nitrogen and oxygen atoms in total. The van der Waals surface area contributed by atoms with Gasteiger partial charge in [-0.25, -0.2) is 0 Å². The fraction of sp³-hybridized carbons (Fsp3) is 0.833. The van der Waals surface area contributed by atoms with Gasteiger partial charge in [0.2, 0.25) is 0 Å². The van der Waals surface area contributed by atoms with Crippen LogP contribution < -0.4 is 0 Å². The summed E-state index contributed by atoms with van der Waals surface area (Å²) in [6, 6.07) is 0. The van der Waals surface area contributed by atoms with E-state index in [1.54, 1.807) is 0 Å². The molecule has 5 heteroatoms. The molecule has 0 aromatic carbocycles. The first-order valence-corrected chi connectivity index (χ1v) is 3.30. The third-order valence-corrected chi connectivity index (χ3v) is 1.65. The predicted molar refractivity (Wildman–Crippen MR) is 34.3 cm³/mol. The highest BCUT2D eigenvalue weighted by atomic mass is 16.5. The molecule has 1 saturated heterocycles. The zero-order chi connectivity index (χ0) is 8.43. The lowest BCUT2D eigenvalue weighted by atomic mass is 10.0. The molecular formula is C6H11O5. The molecule has 0 aromatic heterocycles. The second-order valence-electron chi connectivity index (χ2n) is 2.46. The maximum atomic E-state index is 9.09. The summed E-state index contributed by atoms with van der Waals surface area (Å²) in [7, 11) is 0. The molecule has 0 bridgehead atoms. The largest absolute Gasteiger partial charge is 0.394 e. The molecule has 65 valence electrons. The molecule has 0 aliphatic carbocycles. The smallest absolute Gasteiger partial charge is 0.115 e. The molecule has 0 amide bonds. The van der Waals surface area contributed by atoms with E-state index in [0.29, 0.717) is 0 Å². The normalized spacial score (nSPS) is 45.8. The van der Waals surface area contributed by atoms with Gasteiger partial charge in [-0.15, -0.1) is 0 Å². The van der Waals surface area contributed by atoms with Crippen molar-refractivity contribution >= 4 is 0 Å². The molecule has 1 rings (SSSR count). The summed E-state index contributed by atoms with van der Waals surface area (Å²) in [4.78, 5) is 0. The Kier molecular flexibility index (Phi) is 2.80. The summed E-state index contributed by atoms with van der Waals surface area (Å²) < 4.78 is 4.69. The Morgan fingerprint density at radius 1 is 1.18 bits per heavy atom. The lowest BCUT2D eigenvalue weighted by Gasteiger charge is -2.33. The highest BCUT2D eigenvalue weighted by Crippen LogP contribution is 2.17. The first kappa shape index (κ1) is 8.89. The van der Waals surface area contributed by atoms with E-state index in [9.17, 15) is 0 Å². The molecule has 1 heterocycles. The fourth-order valence-corrected chi connectivity index (χ4v) is 0.915. The summed E-state index contributed by atoms with van der Waals surface area (Å²) in [6.45, 7) is 0.611. The van der Waals surface area contributed by atoms with Gasteiger partial charge in [-0.2, -0.15) is 0 Å². The van der Waals surface area contributed by atoms with Crippen LogP contribution in [-0.2, 0) is 4.74 Å². The maximum absolute atomic E-state index is 9.09.